The van der Waals surface area contributed by atoms with E-state index in [4.69, 9.17) is 4.42 Å². The largest absolute Gasteiger partial charge is 0.423 e. The van der Waals surface area contributed by atoms with E-state index in [-0.39, 0.29) is 5.63 Å². The normalized spacial score (nSPS) is 13.9. The van der Waals surface area contributed by atoms with E-state index in [0.717, 1.165) is 18.1 Å². The van der Waals surface area contributed by atoms with E-state index in [0.29, 0.717) is 11.0 Å². The van der Waals surface area contributed by atoms with Crippen LogP contribution in [0.5, 0.6) is 0 Å². The van der Waals surface area contributed by atoms with Crippen molar-refractivity contribution in [3.63, 3.8) is 0 Å². The van der Waals surface area contributed by atoms with E-state index in [1.54, 1.807) is 6.92 Å². The summed E-state index contributed by atoms with van der Waals surface area (Å²) < 4.78 is 5.31. The summed E-state index contributed by atoms with van der Waals surface area (Å²) in [5, 5.41) is 1.04. The summed E-state index contributed by atoms with van der Waals surface area (Å²) in [4.78, 5) is 11.5. The van der Waals surface area contributed by atoms with Crippen molar-refractivity contribution in [3.05, 3.63) is 44.3 Å². The summed E-state index contributed by atoms with van der Waals surface area (Å²) in [7, 11) is 0. The van der Waals surface area contributed by atoms with Crippen LogP contribution < -0.4 is 16.3 Å². The predicted molar refractivity (Wildman–Crippen MR) is 79.4 cm³/mol. The van der Waals surface area contributed by atoms with Crippen LogP contribution in [0.25, 0.3) is 12.2 Å². The van der Waals surface area contributed by atoms with Gasteiger partial charge in [-0.1, -0.05) is 43.9 Å². The smallest absolute Gasteiger partial charge is 0.339 e. The fraction of sp³-hybridized carbons (Fsp3) is 0.471. The number of aryl methyl sites for hydroxylation is 1. The second kappa shape index (κ2) is 6.55. The van der Waals surface area contributed by atoms with Crippen molar-refractivity contribution in [2.75, 3.05) is 0 Å². The zero-order chi connectivity index (χ0) is 13.7. The van der Waals surface area contributed by atoms with E-state index in [1.807, 2.05) is 12.1 Å². The SMILES string of the molecule is CCCCCCC1=CC=c2oc(=O)c(C)cc2=CC1. The highest BCUT2D eigenvalue weighted by Crippen LogP contribution is 2.14. The molecule has 102 valence electrons. The molecule has 0 N–H and O–H groups in total. The van der Waals surface area contributed by atoms with Gasteiger partial charge in [0, 0.05) is 10.8 Å². The van der Waals surface area contributed by atoms with Gasteiger partial charge in [-0.05, 0) is 38.3 Å². The van der Waals surface area contributed by atoms with Gasteiger partial charge in [0.1, 0.15) is 5.42 Å². The molecular formula is C17H22O2. The first-order valence-corrected chi connectivity index (χ1v) is 7.21. The first-order chi connectivity index (χ1) is 9.20. The fourth-order valence-corrected chi connectivity index (χ4v) is 2.36. The van der Waals surface area contributed by atoms with E-state index >= 15 is 0 Å². The molecule has 0 amide bonds. The Bertz CT molecular complexity index is 632. The number of fused-ring (bicyclic) bond motifs is 1. The first-order valence-electron chi connectivity index (χ1n) is 7.21. The third kappa shape index (κ3) is 3.69. The van der Waals surface area contributed by atoms with Gasteiger partial charge in [0.05, 0.1) is 0 Å². The molecule has 0 aromatic carbocycles. The van der Waals surface area contributed by atoms with E-state index < -0.39 is 0 Å². The molecular weight excluding hydrogens is 236 g/mol. The molecule has 0 bridgehead atoms. The van der Waals surface area contributed by atoms with Gasteiger partial charge >= 0.3 is 5.63 Å². The Hall–Kier alpha value is -1.57. The minimum Gasteiger partial charge on any atom is -0.423 e. The third-order valence-corrected chi connectivity index (χ3v) is 3.59. The summed E-state index contributed by atoms with van der Waals surface area (Å²) in [6.45, 7) is 4.03. The molecule has 2 rings (SSSR count). The van der Waals surface area contributed by atoms with Crippen LogP contribution in [-0.4, -0.2) is 0 Å². The quantitative estimate of drug-likeness (QED) is 0.760. The van der Waals surface area contributed by atoms with Gasteiger partial charge in [0.15, 0.2) is 0 Å². The lowest BCUT2D eigenvalue weighted by Crippen LogP contribution is -2.29. The van der Waals surface area contributed by atoms with E-state index in [9.17, 15) is 4.79 Å². The topological polar surface area (TPSA) is 30.2 Å². The second-order valence-corrected chi connectivity index (χ2v) is 5.25. The highest BCUT2D eigenvalue weighted by molar-refractivity contribution is 5.45. The van der Waals surface area contributed by atoms with Crippen LogP contribution >= 0.6 is 0 Å². The van der Waals surface area contributed by atoms with Crippen molar-refractivity contribution in [1.82, 2.24) is 0 Å². The summed E-state index contributed by atoms with van der Waals surface area (Å²) in [5.41, 5.74) is 2.56. The van der Waals surface area contributed by atoms with Gasteiger partial charge < -0.3 is 4.42 Å². The molecule has 0 fully saturated rings. The van der Waals surface area contributed by atoms with Crippen LogP contribution in [0.1, 0.15) is 51.0 Å². The molecule has 1 aliphatic rings. The van der Waals surface area contributed by atoms with Crippen molar-refractivity contribution in [1.29, 1.82) is 0 Å². The highest BCUT2D eigenvalue weighted by Gasteiger charge is 2.02. The maximum atomic E-state index is 11.5. The zero-order valence-electron chi connectivity index (χ0n) is 11.9. The predicted octanol–water partition coefficient (Wildman–Crippen LogP) is 2.81. The molecule has 2 heteroatoms. The Kier molecular flexibility index (Phi) is 4.78. The van der Waals surface area contributed by atoms with Gasteiger partial charge in [-0.2, -0.15) is 0 Å². The Balaban J connectivity index is 2.14. The number of rotatable bonds is 5. The molecule has 0 atom stereocenters. The van der Waals surface area contributed by atoms with Crippen LogP contribution in [0.4, 0.5) is 0 Å². The molecule has 0 saturated carbocycles. The number of hydrogen-bond donors (Lipinski definition) is 0. The summed E-state index contributed by atoms with van der Waals surface area (Å²) in [6.07, 6.45) is 13.5. The molecule has 1 heterocycles. The lowest BCUT2D eigenvalue weighted by atomic mass is 10.0. The van der Waals surface area contributed by atoms with Crippen LogP contribution in [-0.2, 0) is 0 Å². The fourth-order valence-electron chi connectivity index (χ4n) is 2.36. The van der Waals surface area contributed by atoms with Gasteiger partial charge in [-0.25, -0.2) is 4.79 Å². The van der Waals surface area contributed by atoms with E-state index in [2.05, 4.69) is 19.1 Å². The van der Waals surface area contributed by atoms with Crippen molar-refractivity contribution in [2.45, 2.75) is 52.4 Å². The Morgan fingerprint density at radius 2 is 2.05 bits per heavy atom. The van der Waals surface area contributed by atoms with Crippen LogP contribution in [0, 0.1) is 6.92 Å². The molecule has 19 heavy (non-hydrogen) atoms. The minimum atomic E-state index is -0.233. The molecule has 0 saturated heterocycles. The molecule has 0 radical (unpaired) electrons. The van der Waals surface area contributed by atoms with Crippen LogP contribution in [0.15, 0.2) is 26.9 Å². The van der Waals surface area contributed by atoms with E-state index in [1.165, 1.54) is 31.3 Å². The van der Waals surface area contributed by atoms with Gasteiger partial charge in [0.25, 0.3) is 0 Å². The highest BCUT2D eigenvalue weighted by atomic mass is 16.4. The molecule has 1 aromatic heterocycles. The minimum absolute atomic E-state index is 0.233. The first kappa shape index (κ1) is 13.9. The molecule has 0 spiro atoms. The van der Waals surface area contributed by atoms with Crippen LogP contribution in [0.3, 0.4) is 0 Å². The van der Waals surface area contributed by atoms with Gasteiger partial charge in [0.2, 0.25) is 0 Å². The number of hydrogen-bond acceptors (Lipinski definition) is 2. The summed E-state index contributed by atoms with van der Waals surface area (Å²) in [6, 6.07) is 1.92. The van der Waals surface area contributed by atoms with Crippen molar-refractivity contribution in [2.24, 2.45) is 0 Å². The molecule has 0 unspecified atom stereocenters. The average molecular weight is 258 g/mol. The maximum Gasteiger partial charge on any atom is 0.339 e. The summed E-state index contributed by atoms with van der Waals surface area (Å²) in [5.74, 6) is 0. The van der Waals surface area contributed by atoms with Crippen molar-refractivity contribution < 1.29 is 4.42 Å². The monoisotopic (exact) mass is 258 g/mol. The Morgan fingerprint density at radius 1 is 1.21 bits per heavy atom. The maximum absolute atomic E-state index is 11.5. The molecule has 0 aliphatic heterocycles. The van der Waals surface area contributed by atoms with Crippen molar-refractivity contribution >= 4 is 12.2 Å². The Labute approximate surface area is 114 Å². The third-order valence-electron chi connectivity index (χ3n) is 3.59. The molecule has 1 aromatic rings. The van der Waals surface area contributed by atoms with Crippen LogP contribution in [0.2, 0.25) is 0 Å². The molecule has 1 aliphatic carbocycles. The number of unbranched alkanes of at least 4 members (excludes halogenated alkanes) is 3. The lowest BCUT2D eigenvalue weighted by molar-refractivity contribution is 0.469. The Morgan fingerprint density at radius 3 is 2.84 bits per heavy atom. The summed E-state index contributed by atoms with van der Waals surface area (Å²) >= 11 is 0. The van der Waals surface area contributed by atoms with Crippen molar-refractivity contribution in [3.8, 4) is 0 Å². The molecule has 2 nitrogen and oxygen atoms in total. The zero-order valence-corrected chi connectivity index (χ0v) is 11.9. The average Bonchev–Trinajstić information content (AvgIpc) is 2.59. The number of allylic oxidation sites excluding steroid dienone is 2. The standard InChI is InChI=1S/C17H22O2/c1-3-4-5-6-7-14-8-10-15-12-13(2)17(18)19-16(15)11-9-14/h9-12H,3-8H2,1-2H3. The second-order valence-electron chi connectivity index (χ2n) is 5.25. The van der Waals surface area contributed by atoms with Gasteiger partial charge in [-0.15, -0.1) is 0 Å². The lowest BCUT2D eigenvalue weighted by Gasteiger charge is -2.02. The van der Waals surface area contributed by atoms with Gasteiger partial charge in [-0.3, -0.25) is 0 Å².